The number of nitrogens with one attached hydrogen (secondary N) is 1. The Kier molecular flexibility index (Phi) is 3.41. The second kappa shape index (κ2) is 5.01. The van der Waals surface area contributed by atoms with Crippen LogP contribution in [0.25, 0.3) is 0 Å². The van der Waals surface area contributed by atoms with Crippen molar-refractivity contribution in [2.24, 2.45) is 0 Å². The summed E-state index contributed by atoms with van der Waals surface area (Å²) < 4.78 is 31.7. The minimum atomic E-state index is -1.31. The SMILES string of the molecule is Cc1cnc(CNc2c([N+](=O)[O-])ccc(F)c2F)o1. The zero-order chi connectivity index (χ0) is 14.0. The van der Waals surface area contributed by atoms with Crippen LogP contribution in [0.2, 0.25) is 0 Å². The smallest absolute Gasteiger partial charge is 0.295 e. The number of benzene rings is 1. The molecule has 100 valence electrons. The van der Waals surface area contributed by atoms with Crippen LogP contribution in [0.3, 0.4) is 0 Å². The summed E-state index contributed by atoms with van der Waals surface area (Å²) in [7, 11) is 0. The highest BCUT2D eigenvalue weighted by Gasteiger charge is 2.21. The monoisotopic (exact) mass is 269 g/mol. The predicted octanol–water partition coefficient (Wildman–Crippen LogP) is 2.78. The van der Waals surface area contributed by atoms with Crippen molar-refractivity contribution in [2.75, 3.05) is 5.32 Å². The molecule has 1 heterocycles. The number of halogens is 2. The topological polar surface area (TPSA) is 81.2 Å². The molecule has 0 fully saturated rings. The van der Waals surface area contributed by atoms with Crippen molar-refractivity contribution in [3.8, 4) is 0 Å². The van der Waals surface area contributed by atoms with E-state index in [1.54, 1.807) is 6.92 Å². The lowest BCUT2D eigenvalue weighted by atomic mass is 10.2. The highest BCUT2D eigenvalue weighted by molar-refractivity contribution is 5.62. The van der Waals surface area contributed by atoms with Crippen molar-refractivity contribution in [2.45, 2.75) is 13.5 Å². The standard InChI is InChI=1S/C11H9F2N3O3/c1-6-4-14-9(19-6)5-15-11-8(16(17)18)3-2-7(12)10(11)13/h2-4,15H,5H2,1H3. The van der Waals surface area contributed by atoms with Crippen molar-refractivity contribution in [1.29, 1.82) is 0 Å². The fourth-order valence-corrected chi connectivity index (χ4v) is 1.51. The molecule has 0 saturated heterocycles. The van der Waals surface area contributed by atoms with Gasteiger partial charge in [0.2, 0.25) is 5.89 Å². The van der Waals surface area contributed by atoms with Gasteiger partial charge in [-0.3, -0.25) is 10.1 Å². The van der Waals surface area contributed by atoms with Gasteiger partial charge in [-0.15, -0.1) is 0 Å². The van der Waals surface area contributed by atoms with Gasteiger partial charge in [0.25, 0.3) is 5.69 Å². The molecule has 0 aliphatic rings. The molecule has 6 nitrogen and oxygen atoms in total. The summed E-state index contributed by atoms with van der Waals surface area (Å²) in [6.07, 6.45) is 1.45. The molecular formula is C11H9F2N3O3. The van der Waals surface area contributed by atoms with E-state index in [-0.39, 0.29) is 12.4 Å². The first-order valence-electron chi connectivity index (χ1n) is 5.26. The number of hydrogen-bond donors (Lipinski definition) is 1. The number of hydrogen-bond acceptors (Lipinski definition) is 5. The first-order chi connectivity index (χ1) is 8.99. The van der Waals surface area contributed by atoms with E-state index in [1.807, 2.05) is 0 Å². The largest absolute Gasteiger partial charge is 0.444 e. The number of aromatic nitrogens is 1. The van der Waals surface area contributed by atoms with Gasteiger partial charge in [0.05, 0.1) is 17.7 Å². The molecule has 0 unspecified atom stereocenters. The van der Waals surface area contributed by atoms with Crippen LogP contribution in [0.4, 0.5) is 20.2 Å². The van der Waals surface area contributed by atoms with Crippen LogP contribution in [-0.4, -0.2) is 9.91 Å². The van der Waals surface area contributed by atoms with E-state index < -0.39 is 27.9 Å². The van der Waals surface area contributed by atoms with Gasteiger partial charge in [0.1, 0.15) is 5.76 Å². The van der Waals surface area contributed by atoms with Crippen molar-refractivity contribution >= 4 is 11.4 Å². The first kappa shape index (κ1) is 12.9. The zero-order valence-corrected chi connectivity index (χ0v) is 9.81. The zero-order valence-electron chi connectivity index (χ0n) is 9.81. The van der Waals surface area contributed by atoms with Gasteiger partial charge in [-0.25, -0.2) is 13.8 Å². The first-order valence-corrected chi connectivity index (χ1v) is 5.26. The van der Waals surface area contributed by atoms with Crippen LogP contribution in [0.15, 0.2) is 22.7 Å². The van der Waals surface area contributed by atoms with Gasteiger partial charge < -0.3 is 9.73 Å². The molecule has 0 amide bonds. The molecule has 0 saturated carbocycles. The predicted molar refractivity (Wildman–Crippen MR) is 61.6 cm³/mol. The molecule has 8 heteroatoms. The summed E-state index contributed by atoms with van der Waals surface area (Å²) in [5.74, 6) is -1.71. The summed E-state index contributed by atoms with van der Waals surface area (Å²) >= 11 is 0. The van der Waals surface area contributed by atoms with E-state index >= 15 is 0 Å². The fourth-order valence-electron chi connectivity index (χ4n) is 1.51. The van der Waals surface area contributed by atoms with Gasteiger partial charge in [-0.05, 0) is 13.0 Å². The van der Waals surface area contributed by atoms with Gasteiger partial charge in [-0.2, -0.15) is 0 Å². The molecule has 19 heavy (non-hydrogen) atoms. The van der Waals surface area contributed by atoms with E-state index in [9.17, 15) is 18.9 Å². The average molecular weight is 269 g/mol. The van der Waals surface area contributed by atoms with Crippen LogP contribution in [0, 0.1) is 28.7 Å². The lowest BCUT2D eigenvalue weighted by Gasteiger charge is -2.06. The van der Waals surface area contributed by atoms with E-state index in [0.29, 0.717) is 11.8 Å². The summed E-state index contributed by atoms with van der Waals surface area (Å²) in [5.41, 5.74) is -1.08. The maximum atomic E-state index is 13.5. The molecule has 0 aliphatic heterocycles. The van der Waals surface area contributed by atoms with Gasteiger partial charge >= 0.3 is 0 Å². The second-order valence-corrected chi connectivity index (χ2v) is 3.73. The Bertz CT molecular complexity index is 628. The third-order valence-electron chi connectivity index (χ3n) is 2.36. The van der Waals surface area contributed by atoms with Crippen LogP contribution in [0.1, 0.15) is 11.7 Å². The normalized spacial score (nSPS) is 10.5. The summed E-state index contributed by atoms with van der Waals surface area (Å²) in [6, 6.07) is 1.59. The minimum Gasteiger partial charge on any atom is -0.444 e. The molecule has 1 aromatic heterocycles. The Labute approximate surface area is 106 Å². The number of rotatable bonds is 4. The molecule has 0 spiro atoms. The van der Waals surface area contributed by atoms with Crippen molar-refractivity contribution in [3.05, 3.63) is 51.7 Å². The molecule has 2 rings (SSSR count). The van der Waals surface area contributed by atoms with E-state index in [4.69, 9.17) is 4.42 Å². The molecule has 2 aromatic rings. The Morgan fingerprint density at radius 1 is 1.47 bits per heavy atom. The Morgan fingerprint density at radius 3 is 2.79 bits per heavy atom. The number of anilines is 1. The van der Waals surface area contributed by atoms with Gasteiger partial charge in [0, 0.05) is 6.07 Å². The molecule has 0 atom stereocenters. The molecule has 0 radical (unpaired) electrons. The Balaban J connectivity index is 2.28. The van der Waals surface area contributed by atoms with Gasteiger partial charge in [-0.1, -0.05) is 0 Å². The van der Waals surface area contributed by atoms with E-state index in [2.05, 4.69) is 10.3 Å². The molecular weight excluding hydrogens is 260 g/mol. The highest BCUT2D eigenvalue weighted by Crippen LogP contribution is 2.29. The third kappa shape index (κ3) is 2.67. The summed E-state index contributed by atoms with van der Waals surface area (Å²) in [5, 5.41) is 13.2. The van der Waals surface area contributed by atoms with Crippen LogP contribution in [-0.2, 0) is 6.54 Å². The minimum absolute atomic E-state index is 0.0882. The second-order valence-electron chi connectivity index (χ2n) is 3.73. The summed E-state index contributed by atoms with van der Waals surface area (Å²) in [4.78, 5) is 13.8. The number of oxazole rings is 1. The Morgan fingerprint density at radius 2 is 2.21 bits per heavy atom. The summed E-state index contributed by atoms with van der Waals surface area (Å²) in [6.45, 7) is 1.58. The van der Waals surface area contributed by atoms with Crippen molar-refractivity contribution in [1.82, 2.24) is 4.98 Å². The highest BCUT2D eigenvalue weighted by atomic mass is 19.2. The van der Waals surface area contributed by atoms with Crippen molar-refractivity contribution in [3.63, 3.8) is 0 Å². The van der Waals surface area contributed by atoms with Crippen LogP contribution >= 0.6 is 0 Å². The fraction of sp³-hybridized carbons (Fsp3) is 0.182. The van der Waals surface area contributed by atoms with E-state index in [1.165, 1.54) is 6.20 Å². The maximum absolute atomic E-state index is 13.5. The number of nitro benzene ring substituents is 1. The number of nitrogens with zero attached hydrogens (tertiary/aromatic N) is 2. The van der Waals surface area contributed by atoms with Crippen LogP contribution in [0.5, 0.6) is 0 Å². The number of aryl methyl sites for hydroxylation is 1. The lowest BCUT2D eigenvalue weighted by Crippen LogP contribution is -2.06. The molecule has 0 aliphatic carbocycles. The lowest BCUT2D eigenvalue weighted by molar-refractivity contribution is -0.384. The van der Waals surface area contributed by atoms with Gasteiger partial charge in [0.15, 0.2) is 17.3 Å². The Hall–Kier alpha value is -2.51. The van der Waals surface area contributed by atoms with Crippen LogP contribution < -0.4 is 5.32 Å². The molecule has 1 N–H and O–H groups in total. The maximum Gasteiger partial charge on any atom is 0.295 e. The quantitative estimate of drug-likeness (QED) is 0.681. The van der Waals surface area contributed by atoms with E-state index in [0.717, 1.165) is 6.07 Å². The van der Waals surface area contributed by atoms with Crippen molar-refractivity contribution < 1.29 is 18.1 Å². The number of nitro groups is 1. The molecule has 1 aromatic carbocycles. The third-order valence-corrected chi connectivity index (χ3v) is 2.36. The average Bonchev–Trinajstić information content (AvgIpc) is 2.76. The molecule has 0 bridgehead atoms.